The highest BCUT2D eigenvalue weighted by Crippen LogP contribution is 2.35. The van der Waals surface area contributed by atoms with Crippen molar-refractivity contribution in [1.82, 2.24) is 4.90 Å². The average Bonchev–Trinajstić information content (AvgIpc) is 2.80. The van der Waals surface area contributed by atoms with Crippen LogP contribution >= 0.6 is 0 Å². The molecule has 0 spiro atoms. The van der Waals surface area contributed by atoms with Gasteiger partial charge in [0.2, 0.25) is 0 Å². The lowest BCUT2D eigenvalue weighted by Crippen LogP contribution is -2.34. The number of aryl methyl sites for hydroxylation is 1. The van der Waals surface area contributed by atoms with Gasteiger partial charge in [0.1, 0.15) is 5.75 Å². The number of carbonyl (C=O) groups excluding carboxylic acids is 1. The van der Waals surface area contributed by atoms with Crippen molar-refractivity contribution >= 4 is 11.9 Å². The molecule has 112 valence electrons. The van der Waals surface area contributed by atoms with E-state index in [-0.39, 0.29) is 23.8 Å². The summed E-state index contributed by atoms with van der Waals surface area (Å²) >= 11 is 0. The lowest BCUT2D eigenvalue weighted by Gasteiger charge is -2.25. The molecular formula is C17H15NO4. The Morgan fingerprint density at radius 2 is 1.95 bits per heavy atom. The Bertz CT molecular complexity index is 769. The highest BCUT2D eigenvalue weighted by atomic mass is 16.4. The summed E-state index contributed by atoms with van der Waals surface area (Å²) in [7, 11) is 0. The van der Waals surface area contributed by atoms with Gasteiger partial charge in [-0.1, -0.05) is 29.8 Å². The van der Waals surface area contributed by atoms with E-state index < -0.39 is 12.0 Å². The van der Waals surface area contributed by atoms with Crippen LogP contribution in [0.25, 0.3) is 0 Å². The minimum absolute atomic E-state index is 0.123. The van der Waals surface area contributed by atoms with Gasteiger partial charge in [0.25, 0.3) is 5.91 Å². The van der Waals surface area contributed by atoms with Crippen LogP contribution in [0.1, 0.15) is 33.1 Å². The molecule has 5 heteroatoms. The van der Waals surface area contributed by atoms with Crippen molar-refractivity contribution < 1.29 is 19.8 Å². The molecular weight excluding hydrogens is 282 g/mol. The van der Waals surface area contributed by atoms with Gasteiger partial charge < -0.3 is 15.1 Å². The van der Waals surface area contributed by atoms with E-state index in [1.807, 2.05) is 19.1 Å². The van der Waals surface area contributed by atoms with E-state index in [9.17, 15) is 19.8 Å². The summed E-state index contributed by atoms with van der Waals surface area (Å²) in [4.78, 5) is 25.5. The lowest BCUT2D eigenvalue weighted by atomic mass is 10.0. The molecule has 22 heavy (non-hydrogen) atoms. The molecule has 0 saturated heterocycles. The summed E-state index contributed by atoms with van der Waals surface area (Å²) in [6, 6.07) is 10.6. The van der Waals surface area contributed by atoms with Gasteiger partial charge in [-0.2, -0.15) is 0 Å². The number of fused-ring (bicyclic) bond motifs is 1. The van der Waals surface area contributed by atoms with Gasteiger partial charge in [-0.15, -0.1) is 0 Å². The fraction of sp³-hybridized carbons (Fsp3) is 0.176. The molecule has 5 nitrogen and oxygen atoms in total. The SMILES string of the molecule is Cc1ccc(O)c(C(C(=O)O)N2Cc3ccccc3C2=O)c1. The van der Waals surface area contributed by atoms with Crippen LogP contribution in [0, 0.1) is 6.92 Å². The van der Waals surface area contributed by atoms with E-state index in [2.05, 4.69) is 0 Å². The van der Waals surface area contributed by atoms with Crippen molar-refractivity contribution in [2.24, 2.45) is 0 Å². The second-order valence-electron chi connectivity index (χ2n) is 5.39. The molecule has 0 radical (unpaired) electrons. The number of amides is 1. The van der Waals surface area contributed by atoms with Gasteiger partial charge >= 0.3 is 5.97 Å². The average molecular weight is 297 g/mol. The maximum atomic E-state index is 12.5. The second-order valence-corrected chi connectivity index (χ2v) is 5.39. The molecule has 1 atom stereocenters. The fourth-order valence-corrected chi connectivity index (χ4v) is 2.81. The number of rotatable bonds is 3. The Kier molecular flexibility index (Phi) is 3.33. The topological polar surface area (TPSA) is 77.8 Å². The maximum absolute atomic E-state index is 12.5. The predicted molar refractivity (Wildman–Crippen MR) is 79.5 cm³/mol. The molecule has 3 rings (SSSR count). The Hall–Kier alpha value is -2.82. The molecule has 1 aliphatic rings. The van der Waals surface area contributed by atoms with E-state index in [0.29, 0.717) is 5.56 Å². The van der Waals surface area contributed by atoms with Crippen molar-refractivity contribution in [1.29, 1.82) is 0 Å². The number of hydrogen-bond acceptors (Lipinski definition) is 3. The van der Waals surface area contributed by atoms with Crippen LogP contribution in [0.5, 0.6) is 5.75 Å². The first kappa shape index (κ1) is 14.1. The number of benzene rings is 2. The number of nitrogens with zero attached hydrogens (tertiary/aromatic N) is 1. The van der Waals surface area contributed by atoms with Crippen LogP contribution in [0.3, 0.4) is 0 Å². The van der Waals surface area contributed by atoms with Gasteiger partial charge in [0.15, 0.2) is 6.04 Å². The maximum Gasteiger partial charge on any atom is 0.331 e. The minimum atomic E-state index is -1.21. The summed E-state index contributed by atoms with van der Waals surface area (Å²) in [5.74, 6) is -1.62. The second kappa shape index (κ2) is 5.18. The smallest absolute Gasteiger partial charge is 0.331 e. The highest BCUT2D eigenvalue weighted by molar-refractivity contribution is 6.00. The molecule has 0 aromatic heterocycles. The monoisotopic (exact) mass is 297 g/mol. The minimum Gasteiger partial charge on any atom is -0.508 e. The van der Waals surface area contributed by atoms with Crippen LogP contribution in [0.2, 0.25) is 0 Å². The Balaban J connectivity index is 2.06. The predicted octanol–water partition coefficient (Wildman–Crippen LogP) is 2.48. The first-order chi connectivity index (χ1) is 10.5. The standard InChI is InChI=1S/C17H15NO4/c1-10-6-7-14(19)13(8-10)15(17(21)22)18-9-11-4-2-3-5-12(11)16(18)20/h2-8,15,19H,9H2,1H3,(H,21,22). The molecule has 0 aliphatic carbocycles. The van der Waals surface area contributed by atoms with Crippen molar-refractivity contribution in [3.8, 4) is 5.75 Å². The van der Waals surface area contributed by atoms with Crippen LogP contribution < -0.4 is 0 Å². The highest BCUT2D eigenvalue weighted by Gasteiger charge is 2.38. The first-order valence-corrected chi connectivity index (χ1v) is 6.90. The Morgan fingerprint density at radius 3 is 2.64 bits per heavy atom. The zero-order valence-corrected chi connectivity index (χ0v) is 12.0. The molecule has 0 bridgehead atoms. The number of carbonyl (C=O) groups is 2. The third-order valence-electron chi connectivity index (χ3n) is 3.87. The van der Waals surface area contributed by atoms with E-state index in [0.717, 1.165) is 11.1 Å². The van der Waals surface area contributed by atoms with E-state index in [1.54, 1.807) is 24.3 Å². The largest absolute Gasteiger partial charge is 0.508 e. The fourth-order valence-electron chi connectivity index (χ4n) is 2.81. The third kappa shape index (κ3) is 2.20. The van der Waals surface area contributed by atoms with Crippen LogP contribution in [-0.2, 0) is 11.3 Å². The number of hydrogen-bond donors (Lipinski definition) is 2. The number of carboxylic acid groups (broad SMARTS) is 1. The van der Waals surface area contributed by atoms with Crippen molar-refractivity contribution in [2.45, 2.75) is 19.5 Å². The molecule has 1 amide bonds. The number of carboxylic acids is 1. The van der Waals surface area contributed by atoms with Crippen molar-refractivity contribution in [3.05, 3.63) is 64.7 Å². The Labute approximate surface area is 127 Å². The van der Waals surface area contributed by atoms with Crippen molar-refractivity contribution in [2.75, 3.05) is 0 Å². The number of phenolic OH excluding ortho intramolecular Hbond substituents is 1. The molecule has 2 aromatic carbocycles. The normalized spacial score (nSPS) is 14.8. The molecule has 1 aliphatic heterocycles. The van der Waals surface area contributed by atoms with Crippen LogP contribution in [0.4, 0.5) is 0 Å². The van der Waals surface area contributed by atoms with Crippen molar-refractivity contribution in [3.63, 3.8) is 0 Å². The zero-order chi connectivity index (χ0) is 15.9. The summed E-state index contributed by atoms with van der Waals surface area (Å²) < 4.78 is 0. The Morgan fingerprint density at radius 1 is 1.23 bits per heavy atom. The lowest BCUT2D eigenvalue weighted by molar-refractivity contribution is -0.142. The summed E-state index contributed by atoms with van der Waals surface area (Å²) in [5, 5.41) is 19.6. The first-order valence-electron chi connectivity index (χ1n) is 6.90. The number of aromatic hydroxyl groups is 1. The molecule has 0 saturated carbocycles. The number of aliphatic carboxylic acids is 1. The zero-order valence-electron chi connectivity index (χ0n) is 12.0. The van der Waals surface area contributed by atoms with Crippen LogP contribution in [-0.4, -0.2) is 27.0 Å². The van der Waals surface area contributed by atoms with Gasteiger partial charge in [-0.25, -0.2) is 4.79 Å². The molecule has 2 aromatic rings. The van der Waals surface area contributed by atoms with E-state index >= 15 is 0 Å². The summed E-state index contributed by atoms with van der Waals surface area (Å²) in [6.07, 6.45) is 0. The quantitative estimate of drug-likeness (QED) is 0.912. The molecule has 0 fully saturated rings. The van der Waals surface area contributed by atoms with Crippen LogP contribution in [0.15, 0.2) is 42.5 Å². The number of phenols is 1. The molecule has 1 unspecified atom stereocenters. The summed E-state index contributed by atoms with van der Waals surface area (Å²) in [6.45, 7) is 2.03. The van der Waals surface area contributed by atoms with Gasteiger partial charge in [-0.3, -0.25) is 4.79 Å². The van der Waals surface area contributed by atoms with E-state index in [1.165, 1.54) is 11.0 Å². The van der Waals surface area contributed by atoms with Gasteiger partial charge in [0, 0.05) is 17.7 Å². The molecule has 2 N–H and O–H groups in total. The summed E-state index contributed by atoms with van der Waals surface area (Å²) in [5.41, 5.74) is 2.36. The third-order valence-corrected chi connectivity index (χ3v) is 3.87. The van der Waals surface area contributed by atoms with E-state index in [4.69, 9.17) is 0 Å². The van der Waals surface area contributed by atoms with Gasteiger partial charge in [0.05, 0.1) is 0 Å². The van der Waals surface area contributed by atoms with Gasteiger partial charge in [-0.05, 0) is 30.7 Å². The molecule has 1 heterocycles.